The lowest BCUT2D eigenvalue weighted by molar-refractivity contribution is 0.466. The Balaban J connectivity index is 1.36. The van der Waals surface area contributed by atoms with Crippen LogP contribution in [0.3, 0.4) is 0 Å². The summed E-state index contributed by atoms with van der Waals surface area (Å²) in [6, 6.07) is 54.6. The van der Waals surface area contributed by atoms with Crippen molar-refractivity contribution in [2.45, 2.75) is 98.8 Å². The van der Waals surface area contributed by atoms with Crippen LogP contribution in [-0.2, 0) is 10.8 Å². The molecule has 0 fully saturated rings. The highest BCUT2D eigenvalue weighted by Gasteiger charge is 2.28. The molecule has 336 valence electrons. The van der Waals surface area contributed by atoms with E-state index in [1.54, 1.807) is 12.1 Å². The van der Waals surface area contributed by atoms with Gasteiger partial charge in [0.15, 0.2) is 0 Å². The average molecular weight is 881 g/mol. The van der Waals surface area contributed by atoms with Crippen LogP contribution >= 0.6 is 0 Å². The van der Waals surface area contributed by atoms with Gasteiger partial charge in [0.2, 0.25) is 0 Å². The van der Waals surface area contributed by atoms with Crippen molar-refractivity contribution < 1.29 is 9.22 Å². The number of phenols is 1. The van der Waals surface area contributed by atoms with Crippen LogP contribution < -0.4 is 0 Å². The summed E-state index contributed by atoms with van der Waals surface area (Å²) in [7, 11) is 0. The molecule has 0 bridgehead atoms. The van der Waals surface area contributed by atoms with E-state index in [0.717, 1.165) is 89.2 Å². The first-order valence-corrected chi connectivity index (χ1v) is 23.6. The molecule has 0 atom stereocenters. The first-order valence-electron chi connectivity index (χ1n) is 25.1. The largest absolute Gasteiger partial charge is 0.507 e. The van der Waals surface area contributed by atoms with E-state index in [0.29, 0.717) is 17.0 Å². The van der Waals surface area contributed by atoms with E-state index in [9.17, 15) is 5.11 Å². The van der Waals surface area contributed by atoms with Crippen molar-refractivity contribution >= 4 is 11.0 Å². The summed E-state index contributed by atoms with van der Waals surface area (Å²) in [5.74, 6) is 1.18. The highest BCUT2D eigenvalue weighted by Crippen LogP contribution is 2.47. The SMILES string of the molecule is [2H]C([2H])([2H])c1ccc(-c2ccnc(-c3cc(-c4cccc5c4nc(-c4cc(C(C)C)cc(C(C)C)c4O)n5-c4cc(-c5ccccc5)c(C(C)(C)C)cc4-c4ccccc4)cc(C(C)(C)C)c3)c2)cc1. The molecule has 67 heavy (non-hydrogen) atoms. The molecule has 0 unspecified atom stereocenters. The van der Waals surface area contributed by atoms with Gasteiger partial charge in [0.1, 0.15) is 11.6 Å². The number of para-hydroxylation sites is 1. The number of fused-ring (bicyclic) bond motifs is 1. The monoisotopic (exact) mass is 881 g/mol. The van der Waals surface area contributed by atoms with Gasteiger partial charge in [-0.3, -0.25) is 9.55 Å². The lowest BCUT2D eigenvalue weighted by Crippen LogP contribution is -2.14. The van der Waals surface area contributed by atoms with Crippen LogP contribution in [-0.4, -0.2) is 19.6 Å². The summed E-state index contributed by atoms with van der Waals surface area (Å²) in [5.41, 5.74) is 17.7. The number of aryl methyl sites for hydroxylation is 1. The third-order valence-electron chi connectivity index (χ3n) is 13.1. The lowest BCUT2D eigenvalue weighted by Gasteiger charge is -2.27. The second-order valence-corrected chi connectivity index (χ2v) is 20.7. The Morgan fingerprint density at radius 3 is 1.84 bits per heavy atom. The van der Waals surface area contributed by atoms with Crippen molar-refractivity contribution in [1.82, 2.24) is 14.5 Å². The van der Waals surface area contributed by atoms with E-state index in [-0.39, 0.29) is 28.4 Å². The van der Waals surface area contributed by atoms with Crippen LogP contribution in [0.15, 0.2) is 164 Å². The topological polar surface area (TPSA) is 50.9 Å². The average Bonchev–Trinajstić information content (AvgIpc) is 3.72. The van der Waals surface area contributed by atoms with Crippen molar-refractivity contribution in [2.75, 3.05) is 0 Å². The molecule has 2 aromatic heterocycles. The van der Waals surface area contributed by atoms with Gasteiger partial charge in [-0.25, -0.2) is 4.98 Å². The Labute approximate surface area is 402 Å². The number of phenolic OH excluding ortho intramolecular Hbond substituents is 1. The second-order valence-electron chi connectivity index (χ2n) is 20.7. The molecular weight excluding hydrogens is 815 g/mol. The molecule has 0 amide bonds. The summed E-state index contributed by atoms with van der Waals surface area (Å²) in [6.45, 7) is 20.0. The zero-order chi connectivity index (χ0) is 49.9. The van der Waals surface area contributed by atoms with Crippen molar-refractivity contribution in [1.29, 1.82) is 0 Å². The summed E-state index contributed by atoms with van der Waals surface area (Å²) in [4.78, 5) is 10.6. The number of hydrogen-bond acceptors (Lipinski definition) is 3. The smallest absolute Gasteiger partial charge is 0.149 e. The van der Waals surface area contributed by atoms with Gasteiger partial charge in [-0.2, -0.15) is 0 Å². The van der Waals surface area contributed by atoms with E-state index in [1.165, 1.54) is 5.56 Å². The Bertz CT molecular complexity index is 3370. The molecule has 9 aromatic rings. The maximum absolute atomic E-state index is 12.5. The molecule has 0 aliphatic carbocycles. The highest BCUT2D eigenvalue weighted by molar-refractivity contribution is 5.98. The molecule has 0 radical (unpaired) electrons. The van der Waals surface area contributed by atoms with Crippen molar-refractivity contribution in [3.05, 3.63) is 192 Å². The van der Waals surface area contributed by atoms with Crippen LogP contribution in [0.4, 0.5) is 0 Å². The summed E-state index contributed by atoms with van der Waals surface area (Å²) < 4.78 is 25.9. The van der Waals surface area contributed by atoms with Crippen LogP contribution in [0.1, 0.15) is 113 Å². The fourth-order valence-corrected chi connectivity index (χ4v) is 9.27. The molecule has 0 aliphatic rings. The first-order chi connectivity index (χ1) is 33.2. The van der Waals surface area contributed by atoms with E-state index in [2.05, 4.69) is 201 Å². The number of benzene rings is 7. The quantitative estimate of drug-likeness (QED) is 0.157. The van der Waals surface area contributed by atoms with Crippen molar-refractivity contribution in [2.24, 2.45) is 0 Å². The van der Waals surface area contributed by atoms with Crippen LogP contribution in [0.25, 0.3) is 83.9 Å². The van der Waals surface area contributed by atoms with Gasteiger partial charge >= 0.3 is 0 Å². The molecule has 4 heteroatoms. The van der Waals surface area contributed by atoms with Gasteiger partial charge in [0.25, 0.3) is 0 Å². The number of aromatic nitrogens is 3. The van der Waals surface area contributed by atoms with Crippen LogP contribution in [0, 0.1) is 6.85 Å². The van der Waals surface area contributed by atoms with Gasteiger partial charge in [-0.1, -0.05) is 184 Å². The predicted octanol–water partition coefficient (Wildman–Crippen LogP) is 17.3. The van der Waals surface area contributed by atoms with Crippen LogP contribution in [0.2, 0.25) is 0 Å². The van der Waals surface area contributed by atoms with Gasteiger partial charge < -0.3 is 5.11 Å². The van der Waals surface area contributed by atoms with Crippen molar-refractivity contribution in [3.8, 4) is 78.6 Å². The fourth-order valence-electron chi connectivity index (χ4n) is 9.27. The van der Waals surface area contributed by atoms with E-state index in [1.807, 2.05) is 24.4 Å². The molecule has 0 saturated carbocycles. The number of nitrogens with zero attached hydrogens (tertiary/aromatic N) is 3. The number of rotatable bonds is 9. The molecular formula is C63H63N3O. The number of pyridine rings is 1. The minimum atomic E-state index is -2.17. The normalized spacial score (nSPS) is 13.0. The standard InChI is InChI=1S/C63H63N3O/c1-39(2)46-34-51(40(3)4)60(67)54(35-46)61-65-59-50(47-31-48(33-49(32-47)62(6,7)8)56-36-45(29-30-64-56)42-27-25-41(5)26-28-42)23-18-24-57(59)66(61)58-38-52(43-19-14-12-15-20-43)55(63(9,10)11)37-53(58)44-21-16-13-17-22-44/h12-40,67H,1-11H3/i5D3. The zero-order valence-corrected chi connectivity index (χ0v) is 40.5. The minimum Gasteiger partial charge on any atom is -0.507 e. The van der Waals surface area contributed by atoms with Crippen molar-refractivity contribution in [3.63, 3.8) is 0 Å². The Morgan fingerprint density at radius 1 is 0.537 bits per heavy atom. The lowest BCUT2D eigenvalue weighted by atomic mass is 9.79. The molecule has 1 N–H and O–H groups in total. The van der Waals surface area contributed by atoms with Gasteiger partial charge in [0.05, 0.1) is 28.0 Å². The number of aromatic hydroxyl groups is 1. The van der Waals surface area contributed by atoms with E-state index in [4.69, 9.17) is 14.1 Å². The summed E-state index contributed by atoms with van der Waals surface area (Å²) in [5, 5.41) is 12.5. The molecule has 0 aliphatic heterocycles. The van der Waals surface area contributed by atoms with Crippen LogP contribution in [0.5, 0.6) is 5.75 Å². The second kappa shape index (κ2) is 17.6. The zero-order valence-electron chi connectivity index (χ0n) is 43.5. The molecule has 9 rings (SSSR count). The number of hydrogen-bond donors (Lipinski definition) is 1. The highest BCUT2D eigenvalue weighted by atomic mass is 16.3. The van der Waals surface area contributed by atoms with Gasteiger partial charge in [-0.05, 0) is 134 Å². The Kier molecular flexibility index (Phi) is 10.9. The molecule has 2 heterocycles. The number of imidazole rings is 1. The van der Waals surface area contributed by atoms with Gasteiger partial charge in [-0.15, -0.1) is 0 Å². The molecule has 0 saturated heterocycles. The summed E-state index contributed by atoms with van der Waals surface area (Å²) in [6.07, 6.45) is 1.82. The minimum absolute atomic E-state index is 0.0701. The fraction of sp³-hybridized carbons (Fsp3) is 0.238. The maximum Gasteiger partial charge on any atom is 0.149 e. The Morgan fingerprint density at radius 2 is 1.21 bits per heavy atom. The molecule has 4 nitrogen and oxygen atoms in total. The van der Waals surface area contributed by atoms with Gasteiger partial charge in [0, 0.05) is 27.0 Å². The summed E-state index contributed by atoms with van der Waals surface area (Å²) >= 11 is 0. The maximum atomic E-state index is 12.5. The molecule has 7 aromatic carbocycles. The first kappa shape index (κ1) is 41.4. The van der Waals surface area contributed by atoms with E-state index < -0.39 is 6.85 Å². The predicted molar refractivity (Wildman–Crippen MR) is 283 cm³/mol. The van der Waals surface area contributed by atoms with E-state index >= 15 is 0 Å². The molecule has 0 spiro atoms. The third kappa shape index (κ3) is 8.86. The Hall–Kier alpha value is -7.04. The third-order valence-corrected chi connectivity index (χ3v) is 13.1.